The van der Waals surface area contributed by atoms with E-state index in [1.807, 2.05) is 0 Å². The fourth-order valence-corrected chi connectivity index (χ4v) is 9.78. The lowest BCUT2D eigenvalue weighted by atomic mass is 9.87. The third kappa shape index (κ3) is 5.56. The SMILES string of the molecule is CC(C)O[Si](CCC1CCC2OC2C1)(CCC1CCC2OC2C1)OC(C)C. The lowest BCUT2D eigenvalue weighted by molar-refractivity contribution is 0.100. The highest BCUT2D eigenvalue weighted by Gasteiger charge is 2.47. The highest BCUT2D eigenvalue weighted by atomic mass is 28.4. The first kappa shape index (κ1) is 20.3. The molecule has 27 heavy (non-hydrogen) atoms. The average molecular weight is 397 g/mol. The predicted molar refractivity (Wildman–Crippen MR) is 109 cm³/mol. The summed E-state index contributed by atoms with van der Waals surface area (Å²) in [5.74, 6) is 1.62. The van der Waals surface area contributed by atoms with Gasteiger partial charge in [-0.3, -0.25) is 0 Å². The summed E-state index contributed by atoms with van der Waals surface area (Å²) in [5.41, 5.74) is 0. The van der Waals surface area contributed by atoms with Crippen LogP contribution in [0.5, 0.6) is 0 Å². The van der Waals surface area contributed by atoms with Crippen molar-refractivity contribution >= 4 is 8.56 Å². The van der Waals surface area contributed by atoms with Gasteiger partial charge in [0.1, 0.15) is 0 Å². The van der Waals surface area contributed by atoms with Crippen molar-refractivity contribution in [3.8, 4) is 0 Å². The lowest BCUT2D eigenvalue weighted by Gasteiger charge is -2.37. The molecule has 4 fully saturated rings. The Hall–Kier alpha value is 0.0569. The van der Waals surface area contributed by atoms with Crippen LogP contribution in [-0.2, 0) is 18.3 Å². The van der Waals surface area contributed by atoms with Crippen LogP contribution in [0.15, 0.2) is 0 Å². The second-order valence-corrected chi connectivity index (χ2v) is 13.4. The van der Waals surface area contributed by atoms with Crippen LogP contribution in [0.3, 0.4) is 0 Å². The van der Waals surface area contributed by atoms with Crippen LogP contribution < -0.4 is 0 Å². The van der Waals surface area contributed by atoms with Crippen molar-refractivity contribution in [1.82, 2.24) is 0 Å². The van der Waals surface area contributed by atoms with E-state index in [4.69, 9.17) is 18.3 Å². The normalized spacial score (nSPS) is 38.0. The van der Waals surface area contributed by atoms with Crippen LogP contribution in [0.2, 0.25) is 12.1 Å². The van der Waals surface area contributed by atoms with E-state index in [1.54, 1.807) is 0 Å². The number of hydrogen-bond acceptors (Lipinski definition) is 4. The molecule has 0 aromatic heterocycles. The van der Waals surface area contributed by atoms with Gasteiger partial charge in [0.15, 0.2) is 0 Å². The Morgan fingerprint density at radius 1 is 0.704 bits per heavy atom. The standard InChI is InChI=1S/C22H40O4Si/c1-15(2)25-27(26-16(3)4,11-9-17-5-7-19-21(13-17)23-19)12-10-18-6-8-20-22(14-18)24-20/h15-22H,5-14H2,1-4H3. The van der Waals surface area contributed by atoms with Crippen LogP contribution in [0.4, 0.5) is 0 Å². The molecule has 6 atom stereocenters. The largest absolute Gasteiger partial charge is 0.392 e. The molecule has 0 N–H and O–H groups in total. The van der Waals surface area contributed by atoms with Crippen molar-refractivity contribution in [3.63, 3.8) is 0 Å². The number of epoxide rings is 2. The molecule has 156 valence electrons. The summed E-state index contributed by atoms with van der Waals surface area (Å²) < 4.78 is 24.8. The van der Waals surface area contributed by atoms with Crippen LogP contribution in [-0.4, -0.2) is 45.2 Å². The maximum absolute atomic E-state index is 6.66. The zero-order valence-electron chi connectivity index (χ0n) is 17.8. The second-order valence-electron chi connectivity index (χ2n) is 10.1. The Morgan fingerprint density at radius 2 is 1.15 bits per heavy atom. The van der Waals surface area contributed by atoms with E-state index in [2.05, 4.69) is 27.7 Å². The van der Waals surface area contributed by atoms with Crippen LogP contribution in [0, 0.1) is 11.8 Å². The Morgan fingerprint density at radius 3 is 1.52 bits per heavy atom. The van der Waals surface area contributed by atoms with Crippen LogP contribution >= 0.6 is 0 Å². The summed E-state index contributed by atoms with van der Waals surface area (Å²) in [6.45, 7) is 8.71. The molecule has 4 aliphatic rings. The zero-order valence-corrected chi connectivity index (χ0v) is 18.8. The quantitative estimate of drug-likeness (QED) is 0.376. The minimum atomic E-state index is -2.19. The van der Waals surface area contributed by atoms with Gasteiger partial charge >= 0.3 is 8.56 Å². The van der Waals surface area contributed by atoms with E-state index < -0.39 is 8.56 Å². The van der Waals surface area contributed by atoms with Gasteiger partial charge < -0.3 is 18.3 Å². The number of hydrogen-bond donors (Lipinski definition) is 0. The van der Waals surface area contributed by atoms with Crippen molar-refractivity contribution in [3.05, 3.63) is 0 Å². The molecule has 2 heterocycles. The predicted octanol–water partition coefficient (Wildman–Crippen LogP) is 5.19. The molecule has 0 spiro atoms. The number of fused-ring (bicyclic) bond motifs is 2. The molecule has 0 aromatic rings. The molecular formula is C22H40O4Si. The van der Waals surface area contributed by atoms with Gasteiger partial charge in [0, 0.05) is 12.2 Å². The summed E-state index contributed by atoms with van der Waals surface area (Å²) in [5, 5.41) is 0. The minimum absolute atomic E-state index is 0.250. The molecule has 2 saturated heterocycles. The van der Waals surface area contributed by atoms with Crippen molar-refractivity contribution < 1.29 is 18.3 Å². The summed E-state index contributed by atoms with van der Waals surface area (Å²) in [7, 11) is -2.19. The van der Waals surface area contributed by atoms with Gasteiger partial charge in [0.05, 0.1) is 24.4 Å². The summed E-state index contributed by atoms with van der Waals surface area (Å²) in [4.78, 5) is 0. The molecule has 2 saturated carbocycles. The smallest absolute Gasteiger partial charge is 0.338 e. The van der Waals surface area contributed by atoms with Crippen molar-refractivity contribution in [2.45, 2.75) is 128 Å². The highest BCUT2D eigenvalue weighted by Crippen LogP contribution is 2.44. The fraction of sp³-hybridized carbons (Fsp3) is 1.00. The first-order chi connectivity index (χ1) is 12.9. The molecule has 5 heteroatoms. The lowest BCUT2D eigenvalue weighted by Crippen LogP contribution is -2.46. The Bertz CT molecular complexity index is 453. The van der Waals surface area contributed by atoms with Crippen molar-refractivity contribution in [1.29, 1.82) is 0 Å². The Kier molecular flexibility index (Phi) is 6.35. The van der Waals surface area contributed by atoms with Gasteiger partial charge in [-0.05, 0) is 103 Å². The van der Waals surface area contributed by atoms with Gasteiger partial charge in [0.2, 0.25) is 0 Å². The molecule has 2 aliphatic heterocycles. The summed E-state index contributed by atoms with van der Waals surface area (Å²) in [6.07, 6.45) is 13.1. The molecule has 6 unspecified atom stereocenters. The third-order valence-electron chi connectivity index (χ3n) is 6.99. The van der Waals surface area contributed by atoms with E-state index in [0.717, 1.165) is 23.9 Å². The van der Waals surface area contributed by atoms with Gasteiger partial charge in [-0.25, -0.2) is 0 Å². The van der Waals surface area contributed by atoms with Gasteiger partial charge in [-0.15, -0.1) is 0 Å². The van der Waals surface area contributed by atoms with Crippen LogP contribution in [0.1, 0.15) is 79.1 Å². The van der Waals surface area contributed by atoms with Crippen molar-refractivity contribution in [2.24, 2.45) is 11.8 Å². The zero-order chi connectivity index (χ0) is 19.0. The number of ether oxygens (including phenoxy) is 2. The maximum atomic E-state index is 6.66. The minimum Gasteiger partial charge on any atom is -0.392 e. The molecule has 0 radical (unpaired) electrons. The molecule has 4 rings (SSSR count). The topological polar surface area (TPSA) is 43.5 Å². The monoisotopic (exact) mass is 396 g/mol. The maximum Gasteiger partial charge on any atom is 0.338 e. The Labute approximate surface area is 166 Å². The number of rotatable bonds is 10. The molecule has 4 nitrogen and oxygen atoms in total. The van der Waals surface area contributed by atoms with E-state index >= 15 is 0 Å². The molecule has 0 aromatic carbocycles. The molecule has 0 amide bonds. The second kappa shape index (κ2) is 8.43. The molecule has 0 bridgehead atoms. The van der Waals surface area contributed by atoms with E-state index in [0.29, 0.717) is 24.4 Å². The molecule has 2 aliphatic carbocycles. The first-order valence-electron chi connectivity index (χ1n) is 11.6. The van der Waals surface area contributed by atoms with Crippen molar-refractivity contribution in [2.75, 3.05) is 0 Å². The third-order valence-corrected chi connectivity index (χ3v) is 10.9. The average Bonchev–Trinajstić information content (AvgIpc) is 3.50. The summed E-state index contributed by atoms with van der Waals surface area (Å²) >= 11 is 0. The highest BCUT2D eigenvalue weighted by molar-refractivity contribution is 6.67. The van der Waals surface area contributed by atoms with Crippen LogP contribution in [0.25, 0.3) is 0 Å². The van der Waals surface area contributed by atoms with E-state index in [-0.39, 0.29) is 12.2 Å². The van der Waals surface area contributed by atoms with Gasteiger partial charge in [-0.2, -0.15) is 0 Å². The summed E-state index contributed by atoms with van der Waals surface area (Å²) in [6, 6.07) is 2.31. The fourth-order valence-electron chi connectivity index (χ4n) is 5.59. The van der Waals surface area contributed by atoms with E-state index in [1.165, 1.54) is 51.4 Å². The first-order valence-corrected chi connectivity index (χ1v) is 13.8. The van der Waals surface area contributed by atoms with E-state index in [9.17, 15) is 0 Å². The van der Waals surface area contributed by atoms with Gasteiger partial charge in [-0.1, -0.05) is 0 Å². The van der Waals surface area contributed by atoms with Gasteiger partial charge in [0.25, 0.3) is 0 Å². The molecular weight excluding hydrogens is 356 g/mol. The Balaban J connectivity index is 1.35.